The van der Waals surface area contributed by atoms with E-state index in [-0.39, 0.29) is 11.8 Å². The van der Waals surface area contributed by atoms with Crippen LogP contribution in [-0.2, 0) is 16.1 Å². The lowest BCUT2D eigenvalue weighted by atomic mass is 9.95. The van der Waals surface area contributed by atoms with Gasteiger partial charge in [0.2, 0.25) is 11.8 Å². The molecule has 6 nitrogen and oxygen atoms in total. The second-order valence-corrected chi connectivity index (χ2v) is 9.13. The van der Waals surface area contributed by atoms with Gasteiger partial charge in [-0.2, -0.15) is 0 Å². The standard InChI is InChI=1S/C21H28N4O2S/c1-15(26)25-11-9-24(10-12-25)13-19-23-18(14-28-19)16-5-7-17(8-6-16)22-20(27)21(2,3)4/h5-8,14H,9-13H2,1-4H3,(H,22,27). The van der Waals surface area contributed by atoms with Crippen LogP contribution in [0.2, 0.25) is 0 Å². The van der Waals surface area contributed by atoms with E-state index >= 15 is 0 Å². The maximum atomic E-state index is 12.1. The molecule has 1 saturated heterocycles. The van der Waals surface area contributed by atoms with Gasteiger partial charge in [-0.15, -0.1) is 11.3 Å². The van der Waals surface area contributed by atoms with Crippen molar-refractivity contribution in [2.75, 3.05) is 31.5 Å². The maximum absolute atomic E-state index is 12.1. The molecule has 7 heteroatoms. The fourth-order valence-electron chi connectivity index (χ4n) is 2.97. The first-order valence-electron chi connectivity index (χ1n) is 9.56. The summed E-state index contributed by atoms with van der Waals surface area (Å²) in [5.41, 5.74) is 2.37. The molecule has 2 aromatic rings. The number of hydrogen-bond acceptors (Lipinski definition) is 5. The summed E-state index contributed by atoms with van der Waals surface area (Å²) >= 11 is 1.66. The van der Waals surface area contributed by atoms with Gasteiger partial charge in [0.15, 0.2) is 0 Å². The van der Waals surface area contributed by atoms with E-state index in [2.05, 4.69) is 15.6 Å². The first-order valence-corrected chi connectivity index (χ1v) is 10.4. The summed E-state index contributed by atoms with van der Waals surface area (Å²) in [7, 11) is 0. The van der Waals surface area contributed by atoms with Crippen LogP contribution in [0.15, 0.2) is 29.6 Å². The Balaban J connectivity index is 1.58. The van der Waals surface area contributed by atoms with Gasteiger partial charge in [-0.1, -0.05) is 32.9 Å². The molecule has 0 radical (unpaired) electrons. The Morgan fingerprint density at radius 2 is 1.75 bits per heavy atom. The topological polar surface area (TPSA) is 65.5 Å². The number of rotatable bonds is 4. The lowest BCUT2D eigenvalue weighted by molar-refractivity contribution is -0.130. The Morgan fingerprint density at radius 1 is 1.11 bits per heavy atom. The molecule has 28 heavy (non-hydrogen) atoms. The van der Waals surface area contributed by atoms with E-state index in [1.165, 1.54) is 0 Å². The molecule has 1 aliphatic heterocycles. The zero-order chi connectivity index (χ0) is 20.3. The van der Waals surface area contributed by atoms with Gasteiger partial charge < -0.3 is 10.2 Å². The Bertz CT molecular complexity index is 831. The van der Waals surface area contributed by atoms with Crippen LogP contribution in [-0.4, -0.2) is 52.8 Å². The van der Waals surface area contributed by atoms with E-state index in [1.807, 2.05) is 49.9 Å². The number of benzene rings is 1. The number of nitrogens with zero attached hydrogens (tertiary/aromatic N) is 3. The number of carbonyl (C=O) groups excluding carboxylic acids is 2. The molecular formula is C21H28N4O2S. The average molecular weight is 401 g/mol. The van der Waals surface area contributed by atoms with Crippen LogP contribution in [0.1, 0.15) is 32.7 Å². The molecule has 3 rings (SSSR count). The Hall–Kier alpha value is -2.25. The van der Waals surface area contributed by atoms with Gasteiger partial charge >= 0.3 is 0 Å². The number of anilines is 1. The van der Waals surface area contributed by atoms with Crippen molar-refractivity contribution in [2.24, 2.45) is 5.41 Å². The van der Waals surface area contributed by atoms with Gasteiger partial charge in [-0.25, -0.2) is 4.98 Å². The number of thiazole rings is 1. The van der Waals surface area contributed by atoms with Crippen molar-refractivity contribution in [1.82, 2.24) is 14.8 Å². The molecule has 0 spiro atoms. The van der Waals surface area contributed by atoms with E-state index in [9.17, 15) is 9.59 Å². The third-order valence-electron chi connectivity index (χ3n) is 4.85. The molecule has 1 N–H and O–H groups in total. The van der Waals surface area contributed by atoms with Crippen LogP contribution in [0.4, 0.5) is 5.69 Å². The molecule has 0 saturated carbocycles. The molecule has 1 fully saturated rings. The highest BCUT2D eigenvalue weighted by Crippen LogP contribution is 2.25. The normalized spacial score (nSPS) is 15.5. The minimum Gasteiger partial charge on any atom is -0.340 e. The largest absolute Gasteiger partial charge is 0.340 e. The quantitative estimate of drug-likeness (QED) is 0.854. The summed E-state index contributed by atoms with van der Waals surface area (Å²) in [5, 5.41) is 6.09. The third-order valence-corrected chi connectivity index (χ3v) is 5.68. The first kappa shape index (κ1) is 20.5. The van der Waals surface area contributed by atoms with Crippen LogP contribution < -0.4 is 5.32 Å². The van der Waals surface area contributed by atoms with Crippen molar-refractivity contribution in [3.05, 3.63) is 34.7 Å². The molecule has 0 bridgehead atoms. The van der Waals surface area contributed by atoms with E-state index < -0.39 is 5.41 Å². The molecule has 1 aromatic heterocycles. The Kier molecular flexibility index (Phi) is 6.15. The molecule has 2 amide bonds. The third kappa shape index (κ3) is 5.17. The van der Waals surface area contributed by atoms with Crippen molar-refractivity contribution in [2.45, 2.75) is 34.2 Å². The van der Waals surface area contributed by atoms with Gasteiger partial charge in [0.05, 0.1) is 12.2 Å². The second kappa shape index (κ2) is 8.41. The molecule has 0 atom stereocenters. The van der Waals surface area contributed by atoms with E-state index in [4.69, 9.17) is 4.98 Å². The number of hydrogen-bond donors (Lipinski definition) is 1. The van der Waals surface area contributed by atoms with Crippen molar-refractivity contribution >= 4 is 28.8 Å². The minimum atomic E-state index is -0.418. The number of aromatic nitrogens is 1. The molecular weight excluding hydrogens is 372 g/mol. The van der Waals surface area contributed by atoms with E-state index in [1.54, 1.807) is 18.3 Å². The smallest absolute Gasteiger partial charge is 0.229 e. The predicted octanol–water partition coefficient (Wildman–Crippen LogP) is 3.46. The zero-order valence-corrected chi connectivity index (χ0v) is 17.8. The molecule has 150 valence electrons. The fourth-order valence-corrected chi connectivity index (χ4v) is 3.82. The maximum Gasteiger partial charge on any atom is 0.229 e. The van der Waals surface area contributed by atoms with Gasteiger partial charge in [-0.05, 0) is 12.1 Å². The monoisotopic (exact) mass is 400 g/mol. The average Bonchev–Trinajstić information content (AvgIpc) is 3.10. The van der Waals surface area contributed by atoms with E-state index in [0.29, 0.717) is 0 Å². The SMILES string of the molecule is CC(=O)N1CCN(Cc2nc(-c3ccc(NC(=O)C(C)(C)C)cc3)cs2)CC1. The number of nitrogens with one attached hydrogen (secondary N) is 1. The summed E-state index contributed by atoms with van der Waals surface area (Å²) < 4.78 is 0. The summed E-state index contributed by atoms with van der Waals surface area (Å²) in [6.07, 6.45) is 0. The zero-order valence-electron chi connectivity index (χ0n) is 17.0. The minimum absolute atomic E-state index is 0.000986. The summed E-state index contributed by atoms with van der Waals surface area (Å²) in [6.45, 7) is 11.5. The number of amides is 2. The van der Waals surface area contributed by atoms with E-state index in [0.717, 1.165) is 54.7 Å². The molecule has 2 heterocycles. The highest BCUT2D eigenvalue weighted by atomic mass is 32.1. The second-order valence-electron chi connectivity index (χ2n) is 8.19. The van der Waals surface area contributed by atoms with Crippen LogP contribution in [0.5, 0.6) is 0 Å². The molecule has 1 aliphatic rings. The number of piperazine rings is 1. The summed E-state index contributed by atoms with van der Waals surface area (Å²) in [4.78, 5) is 32.5. The van der Waals surface area contributed by atoms with Gasteiger partial charge in [0.1, 0.15) is 5.01 Å². The lowest BCUT2D eigenvalue weighted by Gasteiger charge is -2.33. The van der Waals surface area contributed by atoms with Crippen LogP contribution >= 0.6 is 11.3 Å². The van der Waals surface area contributed by atoms with Crippen LogP contribution in [0.25, 0.3) is 11.3 Å². The Morgan fingerprint density at radius 3 is 2.32 bits per heavy atom. The summed E-state index contributed by atoms with van der Waals surface area (Å²) in [6, 6.07) is 7.81. The molecule has 0 aliphatic carbocycles. The van der Waals surface area contributed by atoms with Crippen molar-refractivity contribution < 1.29 is 9.59 Å². The van der Waals surface area contributed by atoms with Gasteiger partial charge in [0, 0.05) is 55.1 Å². The van der Waals surface area contributed by atoms with Crippen molar-refractivity contribution in [1.29, 1.82) is 0 Å². The lowest BCUT2D eigenvalue weighted by Crippen LogP contribution is -2.47. The highest BCUT2D eigenvalue weighted by molar-refractivity contribution is 7.09. The first-order chi connectivity index (χ1) is 13.2. The van der Waals surface area contributed by atoms with Crippen LogP contribution in [0, 0.1) is 5.41 Å². The fraction of sp³-hybridized carbons (Fsp3) is 0.476. The van der Waals surface area contributed by atoms with Crippen molar-refractivity contribution in [3.8, 4) is 11.3 Å². The van der Waals surface area contributed by atoms with Crippen molar-refractivity contribution in [3.63, 3.8) is 0 Å². The summed E-state index contributed by atoms with van der Waals surface area (Å²) in [5.74, 6) is 0.152. The van der Waals surface area contributed by atoms with Gasteiger partial charge in [-0.3, -0.25) is 14.5 Å². The predicted molar refractivity (Wildman–Crippen MR) is 113 cm³/mol. The number of carbonyl (C=O) groups is 2. The van der Waals surface area contributed by atoms with Gasteiger partial charge in [0.25, 0.3) is 0 Å². The Labute approximate surface area is 170 Å². The molecule has 1 aromatic carbocycles. The molecule has 0 unspecified atom stereocenters. The highest BCUT2D eigenvalue weighted by Gasteiger charge is 2.21. The van der Waals surface area contributed by atoms with Crippen LogP contribution in [0.3, 0.4) is 0 Å².